The summed E-state index contributed by atoms with van der Waals surface area (Å²) in [5, 5.41) is 4.07. The maximum Gasteiger partial charge on any atom is 0.227 e. The highest BCUT2D eigenvalue weighted by molar-refractivity contribution is 6.00. The first-order chi connectivity index (χ1) is 14.0. The van der Waals surface area contributed by atoms with Crippen molar-refractivity contribution in [1.82, 2.24) is 5.32 Å². The highest BCUT2D eigenvalue weighted by atomic mass is 16.5. The number of para-hydroxylation sites is 1. The third-order valence-electron chi connectivity index (χ3n) is 5.51. The SMILES string of the molecule is COc1ccc(N2CC(C(=O)NC(C)c3oc4ccccc4c3C)CC2=O)cc1. The van der Waals surface area contributed by atoms with E-state index < -0.39 is 5.92 Å². The maximum absolute atomic E-state index is 12.8. The lowest BCUT2D eigenvalue weighted by Crippen LogP contribution is -2.34. The van der Waals surface area contributed by atoms with E-state index in [0.717, 1.165) is 33.7 Å². The molecular formula is C23H24N2O4. The molecule has 2 heterocycles. The molecule has 1 aromatic heterocycles. The summed E-state index contributed by atoms with van der Waals surface area (Å²) in [6.07, 6.45) is 0.198. The lowest BCUT2D eigenvalue weighted by Gasteiger charge is -2.18. The Kier molecular flexibility index (Phi) is 5.01. The number of hydrogen-bond donors (Lipinski definition) is 1. The molecule has 0 spiro atoms. The number of fused-ring (bicyclic) bond motifs is 1. The van der Waals surface area contributed by atoms with E-state index in [1.54, 1.807) is 12.0 Å². The topological polar surface area (TPSA) is 71.8 Å². The second-order valence-electron chi connectivity index (χ2n) is 7.42. The van der Waals surface area contributed by atoms with Gasteiger partial charge in [-0.05, 0) is 44.2 Å². The van der Waals surface area contributed by atoms with Gasteiger partial charge in [0.25, 0.3) is 0 Å². The summed E-state index contributed by atoms with van der Waals surface area (Å²) >= 11 is 0. The molecule has 1 aliphatic heterocycles. The highest BCUT2D eigenvalue weighted by Gasteiger charge is 2.36. The molecule has 2 aromatic carbocycles. The molecule has 4 rings (SSSR count). The smallest absolute Gasteiger partial charge is 0.227 e. The van der Waals surface area contributed by atoms with Crippen LogP contribution in [0.3, 0.4) is 0 Å². The molecule has 0 radical (unpaired) electrons. The predicted octanol–water partition coefficient (Wildman–Crippen LogP) is 3.98. The zero-order valence-electron chi connectivity index (χ0n) is 16.8. The maximum atomic E-state index is 12.8. The number of nitrogens with one attached hydrogen (secondary N) is 1. The quantitative estimate of drug-likeness (QED) is 0.713. The van der Waals surface area contributed by atoms with E-state index in [9.17, 15) is 9.59 Å². The number of anilines is 1. The number of carbonyl (C=O) groups is 2. The zero-order valence-corrected chi connectivity index (χ0v) is 16.8. The fourth-order valence-corrected chi connectivity index (χ4v) is 3.90. The fourth-order valence-electron chi connectivity index (χ4n) is 3.90. The van der Waals surface area contributed by atoms with Crippen LogP contribution in [0.4, 0.5) is 5.69 Å². The summed E-state index contributed by atoms with van der Waals surface area (Å²) in [5.41, 5.74) is 2.60. The molecule has 1 saturated heterocycles. The Labute approximate surface area is 169 Å². The van der Waals surface area contributed by atoms with Gasteiger partial charge in [0.05, 0.1) is 19.1 Å². The van der Waals surface area contributed by atoms with E-state index in [1.807, 2.05) is 62.4 Å². The second kappa shape index (κ2) is 7.62. The van der Waals surface area contributed by atoms with Crippen molar-refractivity contribution in [2.75, 3.05) is 18.6 Å². The van der Waals surface area contributed by atoms with Crippen LogP contribution in [0.1, 0.15) is 30.7 Å². The van der Waals surface area contributed by atoms with Crippen LogP contribution in [0, 0.1) is 12.8 Å². The lowest BCUT2D eigenvalue weighted by atomic mass is 10.1. The van der Waals surface area contributed by atoms with E-state index in [2.05, 4.69) is 5.32 Å². The Morgan fingerprint density at radius 3 is 2.62 bits per heavy atom. The van der Waals surface area contributed by atoms with Gasteiger partial charge in [0.1, 0.15) is 17.1 Å². The second-order valence-corrected chi connectivity index (χ2v) is 7.42. The minimum atomic E-state index is -0.392. The van der Waals surface area contributed by atoms with Crippen LogP contribution >= 0.6 is 0 Å². The van der Waals surface area contributed by atoms with E-state index in [0.29, 0.717) is 6.54 Å². The number of ether oxygens (including phenoxy) is 1. The lowest BCUT2D eigenvalue weighted by molar-refractivity contribution is -0.127. The molecule has 0 saturated carbocycles. The first kappa shape index (κ1) is 19.1. The number of amides is 2. The standard InChI is InChI=1S/C23H24N2O4/c1-14-19-6-4-5-7-20(19)29-22(14)15(2)24-23(27)16-12-21(26)25(13-16)17-8-10-18(28-3)11-9-17/h4-11,15-16H,12-13H2,1-3H3,(H,24,27). The van der Waals surface area contributed by atoms with Gasteiger partial charge in [0, 0.05) is 29.6 Å². The normalized spacial score (nSPS) is 17.6. The third-order valence-corrected chi connectivity index (χ3v) is 5.51. The molecule has 2 atom stereocenters. The third kappa shape index (κ3) is 3.58. The Morgan fingerprint density at radius 1 is 1.21 bits per heavy atom. The number of hydrogen-bond acceptors (Lipinski definition) is 4. The molecule has 0 aliphatic carbocycles. The first-order valence-electron chi connectivity index (χ1n) is 9.70. The van der Waals surface area contributed by atoms with Crippen LogP contribution in [0.5, 0.6) is 5.75 Å². The molecular weight excluding hydrogens is 368 g/mol. The Hall–Kier alpha value is -3.28. The van der Waals surface area contributed by atoms with Gasteiger partial charge in [0.2, 0.25) is 11.8 Å². The summed E-state index contributed by atoms with van der Waals surface area (Å²) in [5.74, 6) is 0.891. The van der Waals surface area contributed by atoms with Gasteiger partial charge in [0.15, 0.2) is 0 Å². The van der Waals surface area contributed by atoms with E-state index >= 15 is 0 Å². The highest BCUT2D eigenvalue weighted by Crippen LogP contribution is 2.31. The fraction of sp³-hybridized carbons (Fsp3) is 0.304. The average Bonchev–Trinajstić information content (AvgIpc) is 3.29. The molecule has 1 N–H and O–H groups in total. The molecule has 3 aromatic rings. The Bertz CT molecular complexity index is 1050. The van der Waals surface area contributed by atoms with Crippen LogP contribution in [-0.2, 0) is 9.59 Å². The molecule has 2 unspecified atom stereocenters. The summed E-state index contributed by atoms with van der Waals surface area (Å²) in [4.78, 5) is 26.9. The van der Waals surface area contributed by atoms with Crippen molar-refractivity contribution in [3.63, 3.8) is 0 Å². The van der Waals surface area contributed by atoms with Crippen LogP contribution in [-0.4, -0.2) is 25.5 Å². The van der Waals surface area contributed by atoms with Crippen LogP contribution in [0.25, 0.3) is 11.0 Å². The van der Waals surface area contributed by atoms with Crippen molar-refractivity contribution in [1.29, 1.82) is 0 Å². The summed E-state index contributed by atoms with van der Waals surface area (Å²) in [6, 6.07) is 14.8. The Balaban J connectivity index is 1.45. The predicted molar refractivity (Wildman–Crippen MR) is 111 cm³/mol. The Morgan fingerprint density at radius 2 is 1.93 bits per heavy atom. The van der Waals surface area contributed by atoms with Crippen LogP contribution in [0.15, 0.2) is 52.9 Å². The minimum absolute atomic E-state index is 0.0529. The molecule has 1 fully saturated rings. The van der Waals surface area contributed by atoms with Crippen molar-refractivity contribution in [2.45, 2.75) is 26.3 Å². The summed E-state index contributed by atoms with van der Waals surface area (Å²) in [7, 11) is 1.60. The van der Waals surface area contributed by atoms with Crippen molar-refractivity contribution >= 4 is 28.5 Å². The molecule has 1 aliphatic rings. The van der Waals surface area contributed by atoms with Gasteiger partial charge in [-0.15, -0.1) is 0 Å². The molecule has 29 heavy (non-hydrogen) atoms. The first-order valence-corrected chi connectivity index (χ1v) is 9.70. The van der Waals surface area contributed by atoms with Crippen LogP contribution in [0.2, 0.25) is 0 Å². The molecule has 150 valence electrons. The number of benzene rings is 2. The molecule has 6 heteroatoms. The number of rotatable bonds is 5. The average molecular weight is 392 g/mol. The summed E-state index contributed by atoms with van der Waals surface area (Å²) < 4.78 is 11.1. The van der Waals surface area contributed by atoms with Crippen molar-refractivity contribution < 1.29 is 18.7 Å². The van der Waals surface area contributed by atoms with Crippen LogP contribution < -0.4 is 15.0 Å². The largest absolute Gasteiger partial charge is 0.497 e. The number of carbonyl (C=O) groups excluding carboxylic acids is 2. The number of nitrogens with zero attached hydrogens (tertiary/aromatic N) is 1. The van der Waals surface area contributed by atoms with Gasteiger partial charge in [-0.2, -0.15) is 0 Å². The van der Waals surface area contributed by atoms with Gasteiger partial charge in [-0.1, -0.05) is 18.2 Å². The van der Waals surface area contributed by atoms with Gasteiger partial charge in [-0.25, -0.2) is 0 Å². The molecule has 2 amide bonds. The van der Waals surface area contributed by atoms with Gasteiger partial charge in [-0.3, -0.25) is 9.59 Å². The van der Waals surface area contributed by atoms with Gasteiger partial charge < -0.3 is 19.4 Å². The van der Waals surface area contributed by atoms with E-state index in [-0.39, 0.29) is 24.3 Å². The molecule has 6 nitrogen and oxygen atoms in total. The molecule has 0 bridgehead atoms. The number of methoxy groups -OCH3 is 1. The number of furan rings is 1. The summed E-state index contributed by atoms with van der Waals surface area (Å²) in [6.45, 7) is 4.26. The van der Waals surface area contributed by atoms with E-state index in [4.69, 9.17) is 9.15 Å². The van der Waals surface area contributed by atoms with Crippen molar-refractivity contribution in [2.24, 2.45) is 5.92 Å². The zero-order chi connectivity index (χ0) is 20.5. The minimum Gasteiger partial charge on any atom is -0.497 e. The monoisotopic (exact) mass is 392 g/mol. The van der Waals surface area contributed by atoms with Crippen molar-refractivity contribution in [3.05, 3.63) is 59.9 Å². The van der Waals surface area contributed by atoms with E-state index in [1.165, 1.54) is 0 Å². The number of aryl methyl sites for hydroxylation is 1. The van der Waals surface area contributed by atoms with Crippen molar-refractivity contribution in [3.8, 4) is 5.75 Å². The van der Waals surface area contributed by atoms with Gasteiger partial charge >= 0.3 is 0 Å².